The molecule has 0 saturated carbocycles. The largest absolute Gasteiger partial charge is 0.497 e. The van der Waals surface area contributed by atoms with Gasteiger partial charge in [-0.25, -0.2) is 8.42 Å². The second-order valence-electron chi connectivity index (χ2n) is 7.50. The Labute approximate surface area is 167 Å². The van der Waals surface area contributed by atoms with Crippen LogP contribution in [0.3, 0.4) is 0 Å². The SMILES string of the molecule is COc1ccc(C(=O)C2CCN(S(=O)(=O)c3c(C)cc(C)cc3C)CC2)cc1. The maximum Gasteiger partial charge on any atom is 0.243 e. The van der Waals surface area contributed by atoms with Gasteiger partial charge >= 0.3 is 0 Å². The molecule has 1 heterocycles. The monoisotopic (exact) mass is 401 g/mol. The number of ketones is 1. The molecule has 28 heavy (non-hydrogen) atoms. The molecule has 6 heteroatoms. The van der Waals surface area contributed by atoms with E-state index in [2.05, 4.69) is 0 Å². The number of nitrogens with zero attached hydrogens (tertiary/aromatic N) is 1. The second-order valence-corrected chi connectivity index (χ2v) is 9.37. The van der Waals surface area contributed by atoms with Crippen LogP contribution in [0.4, 0.5) is 0 Å². The van der Waals surface area contributed by atoms with Gasteiger partial charge in [-0.2, -0.15) is 4.31 Å². The van der Waals surface area contributed by atoms with E-state index in [0.29, 0.717) is 42.1 Å². The molecule has 0 aliphatic carbocycles. The Bertz CT molecular complexity index is 949. The number of Topliss-reactive ketones (excluding diaryl/α,β-unsaturated/α-hetero) is 1. The van der Waals surface area contributed by atoms with Gasteiger partial charge in [0.25, 0.3) is 0 Å². The number of ether oxygens (including phenoxy) is 1. The highest BCUT2D eigenvalue weighted by atomic mass is 32.2. The van der Waals surface area contributed by atoms with E-state index in [0.717, 1.165) is 16.7 Å². The van der Waals surface area contributed by atoms with Crippen molar-refractivity contribution in [3.8, 4) is 5.75 Å². The van der Waals surface area contributed by atoms with E-state index in [1.54, 1.807) is 31.4 Å². The topological polar surface area (TPSA) is 63.7 Å². The molecule has 0 N–H and O–H groups in total. The molecular formula is C22H27NO4S. The number of rotatable bonds is 5. The molecule has 1 saturated heterocycles. The summed E-state index contributed by atoms with van der Waals surface area (Å²) in [5, 5.41) is 0. The molecule has 0 aromatic heterocycles. The Morgan fingerprint density at radius 3 is 2.04 bits per heavy atom. The lowest BCUT2D eigenvalue weighted by molar-refractivity contribution is 0.0875. The smallest absolute Gasteiger partial charge is 0.243 e. The molecule has 5 nitrogen and oxygen atoms in total. The summed E-state index contributed by atoms with van der Waals surface area (Å²) in [5.41, 5.74) is 3.24. The van der Waals surface area contributed by atoms with Crippen molar-refractivity contribution in [1.82, 2.24) is 4.31 Å². The number of benzene rings is 2. The summed E-state index contributed by atoms with van der Waals surface area (Å²) in [6.45, 7) is 6.37. The first kappa shape index (κ1) is 20.6. The van der Waals surface area contributed by atoms with Crippen LogP contribution in [0.25, 0.3) is 0 Å². The van der Waals surface area contributed by atoms with Crippen molar-refractivity contribution >= 4 is 15.8 Å². The molecule has 150 valence electrons. The molecule has 0 amide bonds. The van der Waals surface area contributed by atoms with Gasteiger partial charge < -0.3 is 4.74 Å². The first-order chi connectivity index (χ1) is 13.2. The summed E-state index contributed by atoms with van der Waals surface area (Å²) >= 11 is 0. The van der Waals surface area contributed by atoms with Crippen molar-refractivity contribution in [2.45, 2.75) is 38.5 Å². The van der Waals surface area contributed by atoms with Crippen molar-refractivity contribution < 1.29 is 17.9 Å². The summed E-state index contributed by atoms with van der Waals surface area (Å²) in [6.07, 6.45) is 1.07. The van der Waals surface area contributed by atoms with Crippen LogP contribution >= 0.6 is 0 Å². The number of carbonyl (C=O) groups is 1. The second kappa shape index (κ2) is 8.05. The zero-order chi connectivity index (χ0) is 20.5. The Hall–Kier alpha value is -2.18. The highest BCUT2D eigenvalue weighted by molar-refractivity contribution is 7.89. The maximum absolute atomic E-state index is 13.2. The lowest BCUT2D eigenvalue weighted by Crippen LogP contribution is -2.40. The lowest BCUT2D eigenvalue weighted by Gasteiger charge is -2.31. The highest BCUT2D eigenvalue weighted by Gasteiger charge is 2.33. The Morgan fingerprint density at radius 1 is 1.00 bits per heavy atom. The first-order valence-corrected chi connectivity index (χ1v) is 10.9. The standard InChI is InChI=1S/C22H27NO4S/c1-15-13-16(2)22(17(3)14-15)28(25,26)23-11-9-19(10-12-23)21(24)18-5-7-20(27-4)8-6-18/h5-8,13-14,19H,9-12H2,1-4H3. The molecule has 0 unspecified atom stereocenters. The molecule has 1 aliphatic rings. The fourth-order valence-corrected chi connectivity index (χ4v) is 5.93. The predicted molar refractivity (Wildman–Crippen MR) is 109 cm³/mol. The van der Waals surface area contributed by atoms with Crippen LogP contribution < -0.4 is 4.74 Å². The molecule has 1 fully saturated rings. The molecule has 2 aromatic carbocycles. The number of aryl methyl sites for hydroxylation is 3. The summed E-state index contributed by atoms with van der Waals surface area (Å²) in [7, 11) is -1.97. The number of methoxy groups -OCH3 is 1. The number of hydrogen-bond acceptors (Lipinski definition) is 4. The quantitative estimate of drug-likeness (QED) is 0.713. The van der Waals surface area contributed by atoms with E-state index in [9.17, 15) is 13.2 Å². The van der Waals surface area contributed by atoms with E-state index in [1.165, 1.54) is 4.31 Å². The van der Waals surface area contributed by atoms with Gasteiger partial charge in [-0.1, -0.05) is 17.7 Å². The van der Waals surface area contributed by atoms with Gasteiger partial charge in [-0.15, -0.1) is 0 Å². The van der Waals surface area contributed by atoms with Gasteiger partial charge in [0.05, 0.1) is 12.0 Å². The number of sulfonamides is 1. The van der Waals surface area contributed by atoms with E-state index < -0.39 is 10.0 Å². The lowest BCUT2D eigenvalue weighted by atomic mass is 9.89. The number of piperidine rings is 1. The van der Waals surface area contributed by atoms with Crippen LogP contribution in [-0.2, 0) is 10.0 Å². The van der Waals surface area contributed by atoms with Crippen LogP contribution in [0, 0.1) is 26.7 Å². The summed E-state index contributed by atoms with van der Waals surface area (Å²) in [6, 6.07) is 10.9. The van der Waals surface area contributed by atoms with Crippen LogP contribution in [0.2, 0.25) is 0 Å². The molecule has 2 aromatic rings. The maximum atomic E-state index is 13.2. The molecule has 3 rings (SSSR count). The highest BCUT2D eigenvalue weighted by Crippen LogP contribution is 2.30. The zero-order valence-corrected chi connectivity index (χ0v) is 17.7. The fraction of sp³-hybridized carbons (Fsp3) is 0.409. The van der Waals surface area contributed by atoms with Crippen molar-refractivity contribution in [3.05, 3.63) is 58.7 Å². The fourth-order valence-electron chi connectivity index (χ4n) is 4.05. The average Bonchev–Trinajstić information content (AvgIpc) is 2.66. The molecule has 0 bridgehead atoms. The molecule has 0 spiro atoms. The summed E-state index contributed by atoms with van der Waals surface area (Å²) < 4.78 is 33.0. The van der Waals surface area contributed by atoms with E-state index in [-0.39, 0.29) is 11.7 Å². The summed E-state index contributed by atoms with van der Waals surface area (Å²) in [5.74, 6) is 0.628. The molecular weight excluding hydrogens is 374 g/mol. The third-order valence-corrected chi connectivity index (χ3v) is 7.61. The average molecular weight is 402 g/mol. The molecule has 1 aliphatic heterocycles. The van der Waals surface area contributed by atoms with Crippen LogP contribution in [0.5, 0.6) is 5.75 Å². The Balaban J connectivity index is 1.73. The Kier molecular flexibility index (Phi) is 5.91. The minimum absolute atomic E-state index is 0.0717. The normalized spacial score (nSPS) is 16.1. The predicted octanol–water partition coefficient (Wildman–Crippen LogP) is 3.90. The third kappa shape index (κ3) is 3.98. The van der Waals surface area contributed by atoms with Crippen molar-refractivity contribution in [2.24, 2.45) is 5.92 Å². The van der Waals surface area contributed by atoms with Crippen LogP contribution in [0.15, 0.2) is 41.3 Å². The van der Waals surface area contributed by atoms with E-state index in [4.69, 9.17) is 4.74 Å². The van der Waals surface area contributed by atoms with Gasteiger partial charge in [-0.3, -0.25) is 4.79 Å². The van der Waals surface area contributed by atoms with Gasteiger partial charge in [-0.05, 0) is 69.0 Å². The minimum Gasteiger partial charge on any atom is -0.497 e. The molecule has 0 radical (unpaired) electrons. The minimum atomic E-state index is -3.56. The van der Waals surface area contributed by atoms with Crippen LogP contribution in [0.1, 0.15) is 39.9 Å². The first-order valence-electron chi connectivity index (χ1n) is 9.50. The van der Waals surface area contributed by atoms with E-state index >= 15 is 0 Å². The molecule has 0 atom stereocenters. The Morgan fingerprint density at radius 2 is 1.54 bits per heavy atom. The van der Waals surface area contributed by atoms with Gasteiger partial charge in [0.2, 0.25) is 10.0 Å². The van der Waals surface area contributed by atoms with Gasteiger partial charge in [0.15, 0.2) is 5.78 Å². The summed E-state index contributed by atoms with van der Waals surface area (Å²) in [4.78, 5) is 13.2. The number of carbonyl (C=O) groups excluding carboxylic acids is 1. The zero-order valence-electron chi connectivity index (χ0n) is 16.9. The third-order valence-electron chi connectivity index (χ3n) is 5.40. The van der Waals surface area contributed by atoms with Crippen molar-refractivity contribution in [3.63, 3.8) is 0 Å². The van der Waals surface area contributed by atoms with Crippen molar-refractivity contribution in [2.75, 3.05) is 20.2 Å². The van der Waals surface area contributed by atoms with Crippen molar-refractivity contribution in [1.29, 1.82) is 0 Å². The van der Waals surface area contributed by atoms with E-state index in [1.807, 2.05) is 32.9 Å². The number of hydrogen-bond donors (Lipinski definition) is 0. The van der Waals surface area contributed by atoms with Gasteiger partial charge in [0.1, 0.15) is 5.75 Å². The van der Waals surface area contributed by atoms with Crippen LogP contribution in [-0.4, -0.2) is 38.7 Å². The van der Waals surface area contributed by atoms with Gasteiger partial charge in [0, 0.05) is 24.6 Å².